The molecule has 35 heavy (non-hydrogen) atoms. The molecule has 0 unspecified atom stereocenters. The van der Waals surface area contributed by atoms with E-state index in [1.54, 1.807) is 13.0 Å². The largest absolute Gasteiger partial charge is 0.460 e. The number of hydrogen-bond acceptors (Lipinski definition) is 7. The molecule has 1 N–H and O–H groups in total. The number of ether oxygens (including phenoxy) is 1. The topological polar surface area (TPSA) is 80.5 Å². The molecule has 4 rings (SSSR count). The number of fused-ring (bicyclic) bond motifs is 1. The van der Waals surface area contributed by atoms with E-state index in [0.717, 1.165) is 16.3 Å². The quantitative estimate of drug-likeness (QED) is 0.528. The summed E-state index contributed by atoms with van der Waals surface area (Å²) < 4.78 is 62.4. The van der Waals surface area contributed by atoms with E-state index in [2.05, 4.69) is 20.4 Å². The Morgan fingerprint density at radius 3 is 2.74 bits per heavy atom. The molecule has 7 nitrogen and oxygen atoms in total. The van der Waals surface area contributed by atoms with E-state index in [1.165, 1.54) is 11.3 Å². The molecule has 2 aliphatic rings. The number of carbonyl (C=O) groups is 1. The molecule has 194 valence electrons. The summed E-state index contributed by atoms with van der Waals surface area (Å²) >= 11 is 1.17. The van der Waals surface area contributed by atoms with Crippen molar-refractivity contribution in [1.82, 2.24) is 20.4 Å². The van der Waals surface area contributed by atoms with Gasteiger partial charge in [0, 0.05) is 43.0 Å². The average Bonchev–Trinajstić information content (AvgIpc) is 3.33. The molecular formula is C23H30F4N4O3S. The third kappa shape index (κ3) is 7.63. The molecule has 3 heterocycles. The average molecular weight is 519 g/mol. The van der Waals surface area contributed by atoms with Gasteiger partial charge < -0.3 is 19.5 Å². The zero-order valence-corrected chi connectivity index (χ0v) is 20.4. The monoisotopic (exact) mass is 518 g/mol. The summed E-state index contributed by atoms with van der Waals surface area (Å²) in [5.41, 5.74) is 0.252. The second-order valence-corrected chi connectivity index (χ2v) is 10.5. The molecule has 1 fully saturated rings. The second-order valence-electron chi connectivity index (χ2n) is 9.45. The number of amides is 1. The fraction of sp³-hybridized carbons (Fsp3) is 0.696. The normalized spacial score (nSPS) is 23.5. The van der Waals surface area contributed by atoms with Crippen molar-refractivity contribution in [2.45, 2.75) is 76.2 Å². The Kier molecular flexibility index (Phi) is 7.99. The zero-order valence-electron chi connectivity index (χ0n) is 19.6. The summed E-state index contributed by atoms with van der Waals surface area (Å²) in [7, 11) is 0. The Hall–Kier alpha value is -2.21. The van der Waals surface area contributed by atoms with Crippen molar-refractivity contribution in [3.63, 3.8) is 0 Å². The first kappa shape index (κ1) is 25.9. The van der Waals surface area contributed by atoms with Crippen LogP contribution in [0.25, 0.3) is 0 Å². The Labute approximate surface area is 205 Å². The van der Waals surface area contributed by atoms with E-state index < -0.39 is 18.5 Å². The van der Waals surface area contributed by atoms with E-state index in [4.69, 9.17) is 9.26 Å². The number of aryl methyl sites for hydroxylation is 1. The first-order valence-corrected chi connectivity index (χ1v) is 12.7. The van der Waals surface area contributed by atoms with E-state index in [9.17, 15) is 18.0 Å². The van der Waals surface area contributed by atoms with Crippen LogP contribution in [-0.4, -0.2) is 65.1 Å². The summed E-state index contributed by atoms with van der Waals surface area (Å²) in [5, 5.41) is 6.81. The highest BCUT2D eigenvalue weighted by molar-refractivity contribution is 7.13. The standard InChI is InChI=1S/C23H30F4N4O3S/c1-15-12-17(34-30-15)13-20(32)28-16-2-6-22(24,7-3-16)8-11-31-9-4-18-19(5-10-31)35-21(29-18)33-14-23(25,26)27/h12,16H,2-11,13-14H2,1H3,(H,28,32). The van der Waals surface area contributed by atoms with Crippen LogP contribution in [0.4, 0.5) is 17.6 Å². The van der Waals surface area contributed by atoms with E-state index >= 15 is 4.39 Å². The molecule has 2 aromatic rings. The molecule has 1 aliphatic carbocycles. The predicted octanol–water partition coefficient (Wildman–Crippen LogP) is 4.18. The maximum Gasteiger partial charge on any atom is 0.422 e. The first-order chi connectivity index (χ1) is 16.6. The lowest BCUT2D eigenvalue weighted by atomic mass is 9.81. The van der Waals surface area contributed by atoms with Crippen molar-refractivity contribution in [3.05, 3.63) is 28.1 Å². The number of alkyl halides is 4. The van der Waals surface area contributed by atoms with Gasteiger partial charge in [-0.1, -0.05) is 16.5 Å². The lowest BCUT2D eigenvalue weighted by molar-refractivity contribution is -0.153. The highest BCUT2D eigenvalue weighted by Crippen LogP contribution is 2.36. The summed E-state index contributed by atoms with van der Waals surface area (Å²) in [6.45, 7) is 2.47. The van der Waals surface area contributed by atoms with Crippen LogP contribution in [0, 0.1) is 6.92 Å². The Bertz CT molecular complexity index is 976. The van der Waals surface area contributed by atoms with Gasteiger partial charge in [-0.3, -0.25) is 4.79 Å². The van der Waals surface area contributed by atoms with Crippen LogP contribution in [0.5, 0.6) is 5.19 Å². The molecule has 0 atom stereocenters. The van der Waals surface area contributed by atoms with Gasteiger partial charge in [-0.2, -0.15) is 13.2 Å². The minimum atomic E-state index is -4.39. The number of nitrogens with one attached hydrogen (secondary N) is 1. The van der Waals surface area contributed by atoms with Crippen LogP contribution < -0.4 is 10.1 Å². The van der Waals surface area contributed by atoms with Gasteiger partial charge in [0.2, 0.25) is 5.91 Å². The Balaban J connectivity index is 1.17. The molecule has 0 saturated heterocycles. The number of hydrogen-bond donors (Lipinski definition) is 1. The van der Waals surface area contributed by atoms with Crippen molar-refractivity contribution in [1.29, 1.82) is 0 Å². The SMILES string of the molecule is Cc1cc(CC(=O)NC2CCC(F)(CCN3CCc4nc(OCC(F)(F)F)sc4CC3)CC2)on1. The molecule has 1 saturated carbocycles. The molecule has 1 aliphatic heterocycles. The molecule has 1 amide bonds. The van der Waals surface area contributed by atoms with Gasteiger partial charge in [-0.15, -0.1) is 0 Å². The summed E-state index contributed by atoms with van der Waals surface area (Å²) in [6.07, 6.45) is -0.553. The van der Waals surface area contributed by atoms with E-state index in [-0.39, 0.29) is 23.6 Å². The van der Waals surface area contributed by atoms with Crippen molar-refractivity contribution in [3.8, 4) is 5.19 Å². The third-order valence-electron chi connectivity index (χ3n) is 6.57. The second kappa shape index (κ2) is 10.8. The third-order valence-corrected chi connectivity index (χ3v) is 7.64. The van der Waals surface area contributed by atoms with E-state index in [0.29, 0.717) is 70.3 Å². The van der Waals surface area contributed by atoms with Crippen molar-refractivity contribution in [2.75, 3.05) is 26.2 Å². The van der Waals surface area contributed by atoms with Crippen molar-refractivity contribution < 1.29 is 31.6 Å². The minimum absolute atomic E-state index is 0.0376. The van der Waals surface area contributed by atoms with Gasteiger partial charge in [-0.05, 0) is 45.4 Å². The van der Waals surface area contributed by atoms with Crippen LogP contribution in [0.2, 0.25) is 0 Å². The highest BCUT2D eigenvalue weighted by atomic mass is 32.1. The van der Waals surface area contributed by atoms with Gasteiger partial charge in [0.25, 0.3) is 5.19 Å². The number of rotatable bonds is 8. The van der Waals surface area contributed by atoms with Crippen LogP contribution in [0.3, 0.4) is 0 Å². The van der Waals surface area contributed by atoms with Crippen molar-refractivity contribution in [2.24, 2.45) is 0 Å². The molecule has 0 bridgehead atoms. The van der Waals surface area contributed by atoms with Gasteiger partial charge in [0.15, 0.2) is 6.61 Å². The molecular weight excluding hydrogens is 488 g/mol. The maximum absolute atomic E-state index is 15.4. The van der Waals surface area contributed by atoms with Crippen LogP contribution in [0.15, 0.2) is 10.6 Å². The zero-order chi connectivity index (χ0) is 25.1. The number of nitrogens with zero attached hydrogens (tertiary/aromatic N) is 3. The molecule has 12 heteroatoms. The lowest BCUT2D eigenvalue weighted by Gasteiger charge is -2.35. The molecule has 2 aromatic heterocycles. The Morgan fingerprint density at radius 1 is 1.31 bits per heavy atom. The minimum Gasteiger partial charge on any atom is -0.460 e. The smallest absolute Gasteiger partial charge is 0.422 e. The molecule has 0 radical (unpaired) electrons. The number of halogens is 4. The fourth-order valence-electron chi connectivity index (χ4n) is 4.64. The van der Waals surface area contributed by atoms with Gasteiger partial charge in [-0.25, -0.2) is 9.37 Å². The van der Waals surface area contributed by atoms with Crippen LogP contribution in [0.1, 0.15) is 54.1 Å². The summed E-state index contributed by atoms with van der Waals surface area (Å²) in [4.78, 5) is 19.6. The molecule has 0 aromatic carbocycles. The molecule has 0 spiro atoms. The van der Waals surface area contributed by atoms with Gasteiger partial charge in [0.05, 0.1) is 17.8 Å². The van der Waals surface area contributed by atoms with Crippen LogP contribution in [-0.2, 0) is 24.1 Å². The first-order valence-electron chi connectivity index (χ1n) is 11.9. The van der Waals surface area contributed by atoms with E-state index in [1.807, 2.05) is 0 Å². The van der Waals surface area contributed by atoms with Gasteiger partial charge in [0.1, 0.15) is 11.4 Å². The van der Waals surface area contributed by atoms with Crippen molar-refractivity contribution >= 4 is 17.2 Å². The summed E-state index contributed by atoms with van der Waals surface area (Å²) in [6, 6.07) is 1.69. The highest BCUT2D eigenvalue weighted by Gasteiger charge is 2.36. The van der Waals surface area contributed by atoms with Gasteiger partial charge >= 0.3 is 6.18 Å². The number of thiazole rings is 1. The Morgan fingerprint density at radius 2 is 2.06 bits per heavy atom. The number of aromatic nitrogens is 2. The lowest BCUT2D eigenvalue weighted by Crippen LogP contribution is -2.43. The summed E-state index contributed by atoms with van der Waals surface area (Å²) in [5.74, 6) is 0.373. The fourth-order valence-corrected chi connectivity index (χ4v) is 5.58. The van der Waals surface area contributed by atoms with Crippen LogP contribution >= 0.6 is 11.3 Å². The number of carbonyl (C=O) groups excluding carboxylic acids is 1. The predicted molar refractivity (Wildman–Crippen MR) is 121 cm³/mol. The maximum atomic E-state index is 15.4.